The van der Waals surface area contributed by atoms with Crippen LogP contribution in [-0.2, 0) is 16.2 Å². The molecule has 1 N–H and O–H groups in total. The van der Waals surface area contributed by atoms with Gasteiger partial charge in [0.15, 0.2) is 0 Å². The smallest absolute Gasteiger partial charge is 0.149 e. The average molecular weight is 895 g/mol. The van der Waals surface area contributed by atoms with Crippen molar-refractivity contribution in [3.8, 4) is 67.5 Å². The van der Waals surface area contributed by atoms with Crippen LogP contribution in [0.4, 0.5) is 0 Å². The number of pyridine rings is 1. The van der Waals surface area contributed by atoms with Crippen molar-refractivity contribution in [1.82, 2.24) is 14.5 Å². The number of imidazole rings is 1. The lowest BCUT2D eigenvalue weighted by molar-refractivity contribution is 0.446. The van der Waals surface area contributed by atoms with E-state index in [9.17, 15) is 9.22 Å². The molecule has 4 nitrogen and oxygen atoms in total. The number of phenolic OH excluding ortho intramolecular Hbond substituents is 1. The molecule has 0 unspecified atom stereocenters. The van der Waals surface area contributed by atoms with E-state index in [1.807, 2.05) is 82.3 Å². The maximum Gasteiger partial charge on any atom is 0.149 e. The quantitative estimate of drug-likeness (QED) is 0.165. The summed E-state index contributed by atoms with van der Waals surface area (Å²) in [5, 5.41) is 13.1. The lowest BCUT2D eigenvalue weighted by Crippen LogP contribution is -2.17. The Morgan fingerprint density at radius 2 is 1.24 bits per heavy atom. The number of phenols is 1. The van der Waals surface area contributed by atoms with E-state index in [1.54, 1.807) is 64.2 Å². The number of benzene rings is 6. The fourth-order valence-corrected chi connectivity index (χ4v) is 8.22. The number of hydrogen-bond acceptors (Lipinski definition) is 3. The fraction of sp³-hybridized carbons (Fsp3) is 0.323. The Kier molecular flexibility index (Phi) is 6.67. The lowest BCUT2D eigenvalue weighted by Gasteiger charge is -2.27. The number of para-hydroxylation sites is 1. The van der Waals surface area contributed by atoms with E-state index in [0.29, 0.717) is 45.1 Å². The summed E-state index contributed by atoms with van der Waals surface area (Å²) in [4.78, 5) is 9.84. The van der Waals surface area contributed by atoms with Crippen LogP contribution < -0.4 is 0 Å². The van der Waals surface area contributed by atoms with Crippen LogP contribution in [0.15, 0.2) is 128 Å². The van der Waals surface area contributed by atoms with Crippen LogP contribution in [0.5, 0.6) is 5.75 Å². The van der Waals surface area contributed by atoms with E-state index >= 15 is 0 Å². The molecule has 0 aliphatic rings. The Hall–Kier alpha value is -6.26. The van der Waals surface area contributed by atoms with Crippen molar-refractivity contribution in [3.05, 3.63) is 166 Å². The van der Waals surface area contributed by atoms with E-state index in [0.717, 1.165) is 22.3 Å². The van der Waals surface area contributed by atoms with Crippen LogP contribution in [0.1, 0.15) is 172 Å². The number of hydrogen-bond donors (Lipinski definition) is 1. The largest absolute Gasteiger partial charge is 0.507 e. The highest BCUT2D eigenvalue weighted by Crippen LogP contribution is 2.45. The van der Waals surface area contributed by atoms with E-state index < -0.39 is 110 Å². The zero-order valence-corrected chi connectivity index (χ0v) is 38.4. The maximum absolute atomic E-state index is 13.1. The molecule has 6 aromatic carbocycles. The first-order valence-corrected chi connectivity index (χ1v) is 21.7. The van der Waals surface area contributed by atoms with Gasteiger partial charge in [-0.15, -0.1) is 0 Å². The zero-order chi connectivity index (χ0) is 67.0. The summed E-state index contributed by atoms with van der Waals surface area (Å²) in [5.74, 6) is -4.62. The van der Waals surface area contributed by atoms with Crippen molar-refractivity contribution in [2.24, 2.45) is 0 Å². The molecule has 0 radical (unpaired) electrons. The van der Waals surface area contributed by atoms with Gasteiger partial charge in [0.25, 0.3) is 0 Å². The molecular weight excluding hydrogens is 803 g/mol. The van der Waals surface area contributed by atoms with E-state index in [4.69, 9.17) is 37.4 Å². The van der Waals surface area contributed by atoms with E-state index in [1.165, 1.54) is 28.8 Å². The summed E-state index contributed by atoms with van der Waals surface area (Å²) in [6.07, 6.45) is 1.67. The first kappa shape index (κ1) is 25.6. The molecule has 66 heavy (non-hydrogen) atoms. The second-order valence-electron chi connectivity index (χ2n) is 18.7. The standard InChI is InChI=1S/C62H69N3O/c1-37(2)44-28-45(38(3)4)30-46(29-44)42-23-24-55(40(6)27-42)65-56-18-16-17-51(57(56)64-59(65)52-35-50(61(10,11)12)36-53(58(52)66)62(13,14)15)47-31-48(33-49(32-47)60(7,8)9)54-34-43(25-26-63-54)41-21-19-39(5)20-22-41/h16-38,66H,1-15H3/i6D3,10D3,11D3,12D3,13D3,14D3,15D3,37D,38D. The molecule has 0 atom stereocenters. The molecule has 0 saturated carbocycles. The molecule has 8 rings (SSSR count). The first-order valence-electron chi connectivity index (χ1n) is 33.2. The third-order valence-corrected chi connectivity index (χ3v) is 12.1. The summed E-state index contributed by atoms with van der Waals surface area (Å²) >= 11 is 0. The van der Waals surface area contributed by atoms with Crippen LogP contribution in [0.25, 0.3) is 72.7 Å². The average Bonchev–Trinajstić information content (AvgIpc) is 1.12. The maximum atomic E-state index is 13.1. The normalized spacial score (nSPS) is 19.3. The van der Waals surface area contributed by atoms with Crippen molar-refractivity contribution in [2.45, 2.75) is 131 Å². The fourth-order valence-electron chi connectivity index (χ4n) is 8.22. The van der Waals surface area contributed by atoms with Gasteiger partial charge in [-0.3, -0.25) is 9.55 Å². The summed E-state index contributed by atoms with van der Waals surface area (Å²) < 4.78 is 205. The van der Waals surface area contributed by atoms with Gasteiger partial charge >= 0.3 is 0 Å². The predicted molar refractivity (Wildman–Crippen MR) is 281 cm³/mol. The topological polar surface area (TPSA) is 50.9 Å². The zero-order valence-electron chi connectivity index (χ0n) is 61.4. The van der Waals surface area contributed by atoms with Gasteiger partial charge in [-0.2, -0.15) is 0 Å². The molecule has 0 amide bonds. The Balaban J connectivity index is 1.62. The van der Waals surface area contributed by atoms with Gasteiger partial charge in [0.1, 0.15) is 11.6 Å². The Bertz CT molecular complexity index is 3900. The van der Waals surface area contributed by atoms with Gasteiger partial charge in [0.2, 0.25) is 0 Å². The Labute approximate surface area is 427 Å². The van der Waals surface area contributed by atoms with Crippen LogP contribution in [0.2, 0.25) is 0 Å². The van der Waals surface area contributed by atoms with Crippen molar-refractivity contribution < 1.29 is 36.6 Å². The monoisotopic (exact) mass is 895 g/mol. The summed E-state index contributed by atoms with van der Waals surface area (Å²) in [5.41, 5.74) is -6.36. The third-order valence-electron chi connectivity index (χ3n) is 12.1. The predicted octanol–water partition coefficient (Wildman–Crippen LogP) is 17.2. The second-order valence-corrected chi connectivity index (χ2v) is 18.7. The van der Waals surface area contributed by atoms with Crippen molar-refractivity contribution in [3.63, 3.8) is 0 Å². The molecule has 0 saturated heterocycles. The molecule has 0 fully saturated rings. The first-order chi connectivity index (χ1) is 40.3. The highest BCUT2D eigenvalue weighted by molar-refractivity contribution is 5.97. The van der Waals surface area contributed by atoms with Gasteiger partial charge < -0.3 is 5.11 Å². The van der Waals surface area contributed by atoms with Crippen molar-refractivity contribution >= 4 is 11.0 Å². The summed E-state index contributed by atoms with van der Waals surface area (Å²) in [6.45, 7) is -13.7. The molecule has 338 valence electrons. The minimum Gasteiger partial charge on any atom is -0.507 e. The molecular formula is C62H69N3O. The SMILES string of the molecule is [2H]C([2H])([2H])c1cc(-c2cc(C([2H])(C)C)cc(C([2H])(C)C)c2)ccc1-n1c(-c2cc(C(C([2H])([2H])[2H])(C([2H])([2H])[2H])C([2H])([2H])[2H])cc(C(C([2H])([2H])[2H])(C([2H])([2H])[2H])C([2H])([2H])[2H])c2O)nc2c(-c3cc(-c4cc(-c5ccc(C)cc5)ccn4)cc(C(C)(C)C)c3)cccc21. The number of rotatable bonds is 8. The van der Waals surface area contributed by atoms with Crippen LogP contribution in [-0.4, -0.2) is 19.6 Å². The van der Waals surface area contributed by atoms with Gasteiger partial charge in [-0.1, -0.05) is 168 Å². The molecule has 0 spiro atoms. The minimum atomic E-state index is -4.26. The molecule has 2 heterocycles. The van der Waals surface area contributed by atoms with Gasteiger partial charge in [0.05, 0.1) is 28.0 Å². The van der Waals surface area contributed by atoms with E-state index in [2.05, 4.69) is 0 Å². The highest BCUT2D eigenvalue weighted by Gasteiger charge is 2.29. The molecule has 0 aliphatic carbocycles. The Morgan fingerprint density at radius 1 is 0.591 bits per heavy atom. The van der Waals surface area contributed by atoms with Crippen molar-refractivity contribution in [2.75, 3.05) is 0 Å². The molecule has 8 aromatic rings. The number of nitrogens with zero attached hydrogens (tertiary/aromatic N) is 3. The number of fused-ring (bicyclic) bond motifs is 1. The van der Waals surface area contributed by atoms with Crippen LogP contribution in [0, 0.1) is 13.8 Å². The molecule has 0 aliphatic heterocycles. The molecule has 0 bridgehead atoms. The molecule has 4 heteroatoms. The summed E-state index contributed by atoms with van der Waals surface area (Å²) in [6, 6.07) is 32.2. The second kappa shape index (κ2) is 17.2. The van der Waals surface area contributed by atoms with Gasteiger partial charge in [-0.25, -0.2) is 4.98 Å². The van der Waals surface area contributed by atoms with Gasteiger partial charge in [-0.05, 0) is 146 Å². The Morgan fingerprint density at radius 3 is 1.89 bits per heavy atom. The highest BCUT2D eigenvalue weighted by atomic mass is 16.3. The van der Waals surface area contributed by atoms with Crippen LogP contribution >= 0.6 is 0 Å². The number of aromatic hydroxyl groups is 1. The third kappa shape index (κ3) is 9.12. The minimum absolute atomic E-state index is 0.00274. The lowest BCUT2D eigenvalue weighted by atomic mass is 9.79. The number of aryl methyl sites for hydroxylation is 2. The summed E-state index contributed by atoms with van der Waals surface area (Å²) in [7, 11) is 0. The molecule has 2 aromatic heterocycles. The van der Waals surface area contributed by atoms with E-state index in [-0.39, 0.29) is 28.4 Å². The van der Waals surface area contributed by atoms with Crippen molar-refractivity contribution in [1.29, 1.82) is 0 Å². The van der Waals surface area contributed by atoms with Crippen LogP contribution in [0.3, 0.4) is 0 Å². The number of aromatic nitrogens is 3. The van der Waals surface area contributed by atoms with Gasteiger partial charge in [0, 0.05) is 54.4 Å².